The SMILES string of the molecule is Cc1c(O)c2ccc(O)c(O)c2oc1=O. The summed E-state index contributed by atoms with van der Waals surface area (Å²) in [5.41, 5.74) is -0.906. The van der Waals surface area contributed by atoms with E-state index in [4.69, 9.17) is 4.42 Å². The molecule has 1 aromatic heterocycles. The second kappa shape index (κ2) is 2.91. The van der Waals surface area contributed by atoms with Crippen LogP contribution < -0.4 is 5.63 Å². The van der Waals surface area contributed by atoms with Crippen molar-refractivity contribution in [3.8, 4) is 17.2 Å². The lowest BCUT2D eigenvalue weighted by Gasteiger charge is -2.04. The molecule has 3 N–H and O–H groups in total. The second-order valence-corrected chi connectivity index (χ2v) is 3.17. The zero-order valence-corrected chi connectivity index (χ0v) is 7.81. The molecule has 15 heavy (non-hydrogen) atoms. The minimum Gasteiger partial charge on any atom is -0.507 e. The monoisotopic (exact) mass is 208 g/mol. The summed E-state index contributed by atoms with van der Waals surface area (Å²) >= 11 is 0. The molecule has 0 aliphatic carbocycles. The van der Waals surface area contributed by atoms with Gasteiger partial charge in [0.15, 0.2) is 11.3 Å². The fraction of sp³-hybridized carbons (Fsp3) is 0.100. The number of benzene rings is 1. The molecule has 0 aliphatic heterocycles. The van der Waals surface area contributed by atoms with Gasteiger partial charge >= 0.3 is 5.63 Å². The lowest BCUT2D eigenvalue weighted by molar-refractivity contribution is 0.395. The van der Waals surface area contributed by atoms with Crippen LogP contribution in [0.15, 0.2) is 21.3 Å². The van der Waals surface area contributed by atoms with Crippen LogP contribution in [-0.4, -0.2) is 15.3 Å². The number of phenolic OH excluding ortho intramolecular Hbond substituents is 2. The van der Waals surface area contributed by atoms with Gasteiger partial charge in [-0.15, -0.1) is 0 Å². The molecule has 0 unspecified atom stereocenters. The Labute approximate surface area is 83.8 Å². The van der Waals surface area contributed by atoms with E-state index in [2.05, 4.69) is 0 Å². The Balaban J connectivity index is 3.05. The third-order valence-corrected chi connectivity index (χ3v) is 2.22. The summed E-state index contributed by atoms with van der Waals surface area (Å²) in [6, 6.07) is 2.56. The third kappa shape index (κ3) is 1.20. The van der Waals surface area contributed by atoms with Crippen molar-refractivity contribution in [1.82, 2.24) is 0 Å². The van der Waals surface area contributed by atoms with Crippen molar-refractivity contribution in [1.29, 1.82) is 0 Å². The molecule has 0 saturated carbocycles. The quantitative estimate of drug-likeness (QED) is 0.447. The topological polar surface area (TPSA) is 90.9 Å². The fourth-order valence-electron chi connectivity index (χ4n) is 1.32. The van der Waals surface area contributed by atoms with E-state index in [9.17, 15) is 20.1 Å². The molecule has 0 bridgehead atoms. The Morgan fingerprint density at radius 1 is 1.13 bits per heavy atom. The lowest BCUT2D eigenvalue weighted by Crippen LogP contribution is -2.02. The number of hydrogen-bond acceptors (Lipinski definition) is 5. The van der Waals surface area contributed by atoms with E-state index < -0.39 is 17.1 Å². The van der Waals surface area contributed by atoms with Gasteiger partial charge in [0.1, 0.15) is 5.75 Å². The minimum atomic E-state index is -0.749. The lowest BCUT2D eigenvalue weighted by atomic mass is 10.1. The van der Waals surface area contributed by atoms with Gasteiger partial charge in [0.25, 0.3) is 0 Å². The van der Waals surface area contributed by atoms with Crippen molar-refractivity contribution in [3.05, 3.63) is 28.1 Å². The number of hydrogen-bond donors (Lipinski definition) is 3. The highest BCUT2D eigenvalue weighted by molar-refractivity contribution is 5.90. The van der Waals surface area contributed by atoms with Gasteiger partial charge < -0.3 is 19.7 Å². The summed E-state index contributed by atoms with van der Waals surface area (Å²) in [5, 5.41) is 28.4. The Morgan fingerprint density at radius 3 is 2.47 bits per heavy atom. The maximum absolute atomic E-state index is 11.2. The van der Waals surface area contributed by atoms with Gasteiger partial charge in [-0.25, -0.2) is 4.79 Å². The summed E-state index contributed by atoms with van der Waals surface area (Å²) in [4.78, 5) is 11.2. The van der Waals surface area contributed by atoms with E-state index in [1.165, 1.54) is 19.1 Å². The number of phenols is 2. The van der Waals surface area contributed by atoms with Gasteiger partial charge in [-0.05, 0) is 19.1 Å². The molecule has 0 spiro atoms. The van der Waals surface area contributed by atoms with Crippen molar-refractivity contribution in [2.24, 2.45) is 0 Å². The summed E-state index contributed by atoms with van der Waals surface area (Å²) < 4.78 is 4.76. The van der Waals surface area contributed by atoms with Crippen LogP contribution in [-0.2, 0) is 0 Å². The predicted molar refractivity (Wildman–Crippen MR) is 52.2 cm³/mol. The van der Waals surface area contributed by atoms with Crippen molar-refractivity contribution in [2.45, 2.75) is 6.92 Å². The van der Waals surface area contributed by atoms with Gasteiger partial charge in [-0.2, -0.15) is 0 Å². The van der Waals surface area contributed by atoms with Crippen molar-refractivity contribution < 1.29 is 19.7 Å². The second-order valence-electron chi connectivity index (χ2n) is 3.17. The van der Waals surface area contributed by atoms with Crippen LogP contribution in [0, 0.1) is 6.92 Å². The Bertz CT molecular complexity index is 597. The van der Waals surface area contributed by atoms with Gasteiger partial charge in [-0.1, -0.05) is 0 Å². The van der Waals surface area contributed by atoms with Crippen LogP contribution in [0.25, 0.3) is 11.0 Å². The summed E-state index contributed by atoms with van der Waals surface area (Å²) in [6.07, 6.45) is 0. The average Bonchev–Trinajstić information content (AvgIpc) is 2.21. The van der Waals surface area contributed by atoms with Crippen LogP contribution in [0.4, 0.5) is 0 Å². The van der Waals surface area contributed by atoms with Crippen molar-refractivity contribution >= 4 is 11.0 Å². The van der Waals surface area contributed by atoms with Crippen LogP contribution in [0.2, 0.25) is 0 Å². The Hall–Kier alpha value is -2.17. The normalized spacial score (nSPS) is 10.7. The average molecular weight is 208 g/mol. The first kappa shape index (κ1) is 9.39. The smallest absolute Gasteiger partial charge is 0.343 e. The maximum Gasteiger partial charge on any atom is 0.343 e. The molecule has 0 aliphatic rings. The molecule has 2 rings (SSSR count). The van der Waals surface area contributed by atoms with Crippen LogP contribution in [0.3, 0.4) is 0 Å². The summed E-state index contributed by atoms with van der Waals surface area (Å²) in [6.45, 7) is 1.41. The zero-order valence-electron chi connectivity index (χ0n) is 7.81. The van der Waals surface area contributed by atoms with Crippen molar-refractivity contribution in [3.63, 3.8) is 0 Å². The summed E-state index contributed by atoms with van der Waals surface area (Å²) in [5.74, 6) is -1.22. The molecule has 1 aromatic carbocycles. The van der Waals surface area contributed by atoms with E-state index in [-0.39, 0.29) is 22.3 Å². The predicted octanol–water partition coefficient (Wildman–Crippen LogP) is 1.22. The molecular weight excluding hydrogens is 200 g/mol. The Morgan fingerprint density at radius 2 is 1.80 bits per heavy atom. The van der Waals surface area contributed by atoms with Crippen LogP contribution in [0.5, 0.6) is 17.2 Å². The number of rotatable bonds is 0. The van der Waals surface area contributed by atoms with E-state index in [1.807, 2.05) is 0 Å². The van der Waals surface area contributed by atoms with Gasteiger partial charge in [0.05, 0.1) is 10.9 Å². The minimum absolute atomic E-state index is 0.0626. The van der Waals surface area contributed by atoms with E-state index in [0.29, 0.717) is 0 Å². The first-order valence-electron chi connectivity index (χ1n) is 4.19. The first-order chi connectivity index (χ1) is 7.02. The third-order valence-electron chi connectivity index (χ3n) is 2.22. The molecule has 2 aromatic rings. The standard InChI is InChI=1S/C10H8O5/c1-4-7(12)5-2-3-6(11)8(13)9(5)15-10(4)14/h2-3,11-13H,1H3. The largest absolute Gasteiger partial charge is 0.507 e. The molecule has 0 amide bonds. The zero-order chi connectivity index (χ0) is 11.2. The Kier molecular flexibility index (Phi) is 1.82. The van der Waals surface area contributed by atoms with E-state index in [0.717, 1.165) is 0 Å². The van der Waals surface area contributed by atoms with Crippen LogP contribution in [0.1, 0.15) is 5.56 Å². The molecule has 78 valence electrons. The molecular formula is C10H8O5. The highest BCUT2D eigenvalue weighted by atomic mass is 16.4. The van der Waals surface area contributed by atoms with Crippen LogP contribution >= 0.6 is 0 Å². The fourth-order valence-corrected chi connectivity index (χ4v) is 1.32. The van der Waals surface area contributed by atoms with E-state index >= 15 is 0 Å². The molecule has 0 radical (unpaired) electrons. The number of aromatic hydroxyl groups is 3. The van der Waals surface area contributed by atoms with Crippen molar-refractivity contribution in [2.75, 3.05) is 0 Å². The van der Waals surface area contributed by atoms with Gasteiger partial charge in [0.2, 0.25) is 5.75 Å². The number of fused-ring (bicyclic) bond motifs is 1. The summed E-state index contributed by atoms with van der Waals surface area (Å²) in [7, 11) is 0. The molecule has 0 atom stereocenters. The van der Waals surface area contributed by atoms with E-state index in [1.54, 1.807) is 0 Å². The highest BCUT2D eigenvalue weighted by Crippen LogP contribution is 2.36. The molecule has 1 heterocycles. The van der Waals surface area contributed by atoms with Gasteiger partial charge in [0, 0.05) is 0 Å². The first-order valence-corrected chi connectivity index (χ1v) is 4.19. The highest BCUT2D eigenvalue weighted by Gasteiger charge is 2.14. The molecule has 0 saturated heterocycles. The molecule has 0 fully saturated rings. The van der Waals surface area contributed by atoms with Gasteiger partial charge in [-0.3, -0.25) is 0 Å². The molecule has 5 nitrogen and oxygen atoms in total. The molecule has 5 heteroatoms. The maximum atomic E-state index is 11.2.